The number of rotatable bonds is 5. The second kappa shape index (κ2) is 10.6. The second-order valence-electron chi connectivity index (χ2n) is 11.6. The Morgan fingerprint density at radius 2 is 1.84 bits per heavy atom. The number of fused-ring (bicyclic) bond motifs is 4. The Labute approximate surface area is 248 Å². The van der Waals surface area contributed by atoms with E-state index in [1.807, 2.05) is 7.05 Å². The number of terminal acetylenes is 2. The first-order valence-electron chi connectivity index (χ1n) is 14.5. The first-order chi connectivity index (χ1) is 20.8. The van der Waals surface area contributed by atoms with Crippen molar-refractivity contribution in [2.24, 2.45) is 0 Å². The number of piperazine rings is 1. The van der Waals surface area contributed by atoms with Gasteiger partial charge in [0.2, 0.25) is 0 Å². The topological polar surface area (TPSA) is 86.6 Å². The zero-order chi connectivity index (χ0) is 29.8. The molecule has 218 valence electrons. The Bertz CT molecular complexity index is 1850. The van der Waals surface area contributed by atoms with Gasteiger partial charge in [-0.3, -0.25) is 0 Å². The van der Waals surface area contributed by atoms with E-state index in [9.17, 15) is 9.50 Å². The lowest BCUT2D eigenvalue weighted by Crippen LogP contribution is -2.51. The fraction of sp³-hybridized carbons (Fsp3) is 0.364. The van der Waals surface area contributed by atoms with Crippen molar-refractivity contribution in [3.8, 4) is 47.7 Å². The normalized spacial score (nSPS) is 21.8. The molecule has 8 nitrogen and oxygen atoms in total. The highest BCUT2D eigenvalue weighted by molar-refractivity contribution is 6.04. The van der Waals surface area contributed by atoms with Crippen LogP contribution in [0.5, 0.6) is 11.8 Å². The average Bonchev–Trinajstić information content (AvgIpc) is 3.58. The molecule has 43 heavy (non-hydrogen) atoms. The van der Waals surface area contributed by atoms with E-state index >= 15 is 4.39 Å². The van der Waals surface area contributed by atoms with Crippen molar-refractivity contribution in [1.82, 2.24) is 25.2 Å². The predicted molar refractivity (Wildman–Crippen MR) is 161 cm³/mol. The zero-order valence-electron chi connectivity index (χ0n) is 23.7. The van der Waals surface area contributed by atoms with Crippen molar-refractivity contribution in [1.29, 1.82) is 0 Å². The van der Waals surface area contributed by atoms with Crippen molar-refractivity contribution in [3.63, 3.8) is 0 Å². The van der Waals surface area contributed by atoms with Crippen LogP contribution in [-0.4, -0.2) is 76.4 Å². The van der Waals surface area contributed by atoms with E-state index < -0.39 is 11.6 Å². The number of benzene rings is 2. The van der Waals surface area contributed by atoms with Gasteiger partial charge in [0, 0.05) is 42.2 Å². The van der Waals surface area contributed by atoms with Gasteiger partial charge < -0.3 is 25.0 Å². The number of anilines is 1. The smallest absolute Gasteiger partial charge is 0.319 e. The van der Waals surface area contributed by atoms with Crippen LogP contribution in [0, 0.1) is 36.3 Å². The highest BCUT2D eigenvalue weighted by Crippen LogP contribution is 2.40. The maximum Gasteiger partial charge on any atom is 0.319 e. The Morgan fingerprint density at radius 1 is 1.05 bits per heavy atom. The third-order valence-electron chi connectivity index (χ3n) is 8.93. The number of aromatic nitrogens is 3. The van der Waals surface area contributed by atoms with E-state index in [1.54, 1.807) is 0 Å². The molecular weight excluding hydrogens is 550 g/mol. The summed E-state index contributed by atoms with van der Waals surface area (Å²) < 4.78 is 37.8. The minimum atomic E-state index is -0.794. The van der Waals surface area contributed by atoms with Gasteiger partial charge >= 0.3 is 6.01 Å². The number of phenolic OH excluding ortho intramolecular Hbond substituents is 1. The summed E-state index contributed by atoms with van der Waals surface area (Å²) in [6, 6.07) is 6.24. The van der Waals surface area contributed by atoms with Crippen LogP contribution in [0.15, 0.2) is 24.3 Å². The third kappa shape index (κ3) is 4.68. The summed E-state index contributed by atoms with van der Waals surface area (Å²) in [5.74, 6) is 3.84. The maximum absolute atomic E-state index is 16.8. The highest BCUT2D eigenvalue weighted by Gasteiger charge is 2.35. The number of pyridine rings is 1. The molecule has 2 aromatic carbocycles. The Morgan fingerprint density at radius 3 is 2.53 bits per heavy atom. The SMILES string of the molecule is C#Cc1c(F)ccc2cc(O)cc(-c3nc(C#C)c4c(N5CC6CCC(C5)N6)nc(OC[C@H]5CCCN5C)nc4c3F)c12. The number of likely N-dealkylation sites (N-methyl/N-ethyl adjacent to an activating group) is 1. The number of nitrogens with one attached hydrogen (secondary N) is 1. The summed E-state index contributed by atoms with van der Waals surface area (Å²) in [6.45, 7) is 2.68. The molecule has 2 bridgehead atoms. The Kier molecular flexibility index (Phi) is 6.76. The molecular formula is C33H30F2N6O2. The van der Waals surface area contributed by atoms with Gasteiger partial charge in [-0.2, -0.15) is 9.97 Å². The van der Waals surface area contributed by atoms with Crippen molar-refractivity contribution in [3.05, 3.63) is 47.2 Å². The molecule has 0 amide bonds. The second-order valence-corrected chi connectivity index (χ2v) is 11.6. The maximum atomic E-state index is 16.8. The van der Waals surface area contributed by atoms with Gasteiger partial charge in [-0.05, 0) is 68.8 Å². The molecule has 3 fully saturated rings. The van der Waals surface area contributed by atoms with Crippen LogP contribution in [0.1, 0.15) is 36.9 Å². The monoisotopic (exact) mass is 580 g/mol. The van der Waals surface area contributed by atoms with Crippen molar-refractivity contribution < 1.29 is 18.6 Å². The van der Waals surface area contributed by atoms with Crippen LogP contribution in [0.25, 0.3) is 32.9 Å². The fourth-order valence-electron chi connectivity index (χ4n) is 6.79. The summed E-state index contributed by atoms with van der Waals surface area (Å²) >= 11 is 0. The van der Waals surface area contributed by atoms with E-state index in [1.165, 1.54) is 24.3 Å². The van der Waals surface area contributed by atoms with E-state index in [4.69, 9.17) is 22.6 Å². The standard InChI is InChI=1S/C33H30F2N6O2/c1-4-23-25(34)11-8-18-13-22(42)14-24(27(18)23)30-29(35)31-28(26(5-2)37-30)32(41-15-19-9-10-20(16-41)36-19)39-33(38-31)43-17-21-7-6-12-40(21)3/h1-2,8,11,13-14,19-21,36,42H,6-7,9-10,12,15-17H2,3H3/t19?,20?,21-/m1/s1. The molecule has 10 heteroatoms. The lowest BCUT2D eigenvalue weighted by Gasteiger charge is -2.34. The number of ether oxygens (including phenoxy) is 1. The molecule has 2 unspecified atom stereocenters. The molecule has 3 aliphatic heterocycles. The van der Waals surface area contributed by atoms with Crippen LogP contribution in [-0.2, 0) is 0 Å². The average molecular weight is 581 g/mol. The lowest BCUT2D eigenvalue weighted by atomic mass is 9.95. The molecule has 3 saturated heterocycles. The third-order valence-corrected chi connectivity index (χ3v) is 8.93. The minimum Gasteiger partial charge on any atom is -0.508 e. The van der Waals surface area contributed by atoms with Crippen LogP contribution < -0.4 is 15.0 Å². The highest BCUT2D eigenvalue weighted by atomic mass is 19.1. The predicted octanol–water partition coefficient (Wildman–Crippen LogP) is 4.21. The summed E-state index contributed by atoms with van der Waals surface area (Å²) in [7, 11) is 2.05. The molecule has 2 aromatic heterocycles. The first-order valence-corrected chi connectivity index (χ1v) is 14.5. The Balaban J connectivity index is 1.46. The van der Waals surface area contributed by atoms with Crippen molar-refractivity contribution in [2.45, 2.75) is 43.8 Å². The molecule has 7 rings (SSSR count). The molecule has 5 heterocycles. The number of hydrogen-bond donors (Lipinski definition) is 2. The quantitative estimate of drug-likeness (QED) is 0.340. The molecule has 0 spiro atoms. The van der Waals surface area contributed by atoms with Crippen molar-refractivity contribution >= 4 is 27.5 Å². The zero-order valence-corrected chi connectivity index (χ0v) is 23.7. The number of nitrogens with zero attached hydrogens (tertiary/aromatic N) is 5. The van der Waals surface area contributed by atoms with Gasteiger partial charge in [-0.25, -0.2) is 13.8 Å². The summed E-state index contributed by atoms with van der Waals surface area (Å²) in [5, 5.41) is 15.1. The van der Waals surface area contributed by atoms with E-state index in [2.05, 4.69) is 36.9 Å². The lowest BCUT2D eigenvalue weighted by molar-refractivity contribution is 0.188. The number of likely N-dealkylation sites (tertiary alicyclic amines) is 1. The van der Waals surface area contributed by atoms with Gasteiger partial charge in [0.05, 0.1) is 10.9 Å². The minimum absolute atomic E-state index is 0.0452. The van der Waals surface area contributed by atoms with Gasteiger partial charge in [0.1, 0.15) is 40.9 Å². The van der Waals surface area contributed by atoms with Gasteiger partial charge in [-0.15, -0.1) is 12.8 Å². The van der Waals surface area contributed by atoms with Gasteiger partial charge in [-0.1, -0.05) is 12.0 Å². The molecule has 3 aliphatic rings. The summed E-state index contributed by atoms with van der Waals surface area (Å²) in [5.41, 5.74) is -0.0903. The Hall–Kier alpha value is -4.51. The number of hydrogen-bond acceptors (Lipinski definition) is 8. The molecule has 2 N–H and O–H groups in total. The largest absolute Gasteiger partial charge is 0.508 e. The van der Waals surface area contributed by atoms with Gasteiger partial charge in [0.15, 0.2) is 5.82 Å². The molecule has 3 atom stereocenters. The van der Waals surface area contributed by atoms with Crippen LogP contribution in [0.4, 0.5) is 14.6 Å². The summed E-state index contributed by atoms with van der Waals surface area (Å²) in [4.78, 5) is 18.2. The molecule has 0 radical (unpaired) electrons. The van der Waals surface area contributed by atoms with E-state index in [0.29, 0.717) is 36.3 Å². The van der Waals surface area contributed by atoms with Gasteiger partial charge in [0.25, 0.3) is 0 Å². The number of phenols is 1. The molecule has 0 saturated carbocycles. The molecule has 4 aromatic rings. The number of aromatic hydroxyl groups is 1. The van der Waals surface area contributed by atoms with Crippen molar-refractivity contribution in [2.75, 3.05) is 38.2 Å². The first kappa shape index (κ1) is 27.3. The van der Waals surface area contributed by atoms with E-state index in [-0.39, 0.29) is 63.3 Å². The van der Waals surface area contributed by atoms with E-state index in [0.717, 1.165) is 32.2 Å². The van der Waals surface area contributed by atoms with Crippen LogP contribution in [0.3, 0.4) is 0 Å². The summed E-state index contributed by atoms with van der Waals surface area (Å²) in [6.07, 6.45) is 15.8. The number of halogens is 2. The fourth-order valence-corrected chi connectivity index (χ4v) is 6.79. The van der Waals surface area contributed by atoms with Crippen LogP contribution in [0.2, 0.25) is 0 Å². The van der Waals surface area contributed by atoms with Crippen LogP contribution >= 0.6 is 0 Å². The molecule has 0 aliphatic carbocycles.